The first-order valence-electron chi connectivity index (χ1n) is 7.71. The van der Waals surface area contributed by atoms with Crippen LogP contribution in [0.5, 0.6) is 0 Å². The zero-order valence-electron chi connectivity index (χ0n) is 12.7. The van der Waals surface area contributed by atoms with Gasteiger partial charge in [-0.15, -0.1) is 0 Å². The van der Waals surface area contributed by atoms with Gasteiger partial charge in [-0.3, -0.25) is 4.90 Å². The summed E-state index contributed by atoms with van der Waals surface area (Å²) in [6.07, 6.45) is 2.87. The number of rotatable bonds is 8. The monoisotopic (exact) mass is 260 g/mol. The molecule has 0 bridgehead atoms. The van der Waals surface area contributed by atoms with E-state index < -0.39 is 0 Å². The van der Waals surface area contributed by atoms with E-state index in [-0.39, 0.29) is 0 Å². The van der Waals surface area contributed by atoms with E-state index >= 15 is 0 Å². The van der Waals surface area contributed by atoms with Gasteiger partial charge < -0.3 is 5.32 Å². The van der Waals surface area contributed by atoms with Crippen molar-refractivity contribution < 1.29 is 0 Å². The van der Waals surface area contributed by atoms with Crippen LogP contribution in [0, 0.1) is 5.92 Å². The summed E-state index contributed by atoms with van der Waals surface area (Å²) in [7, 11) is 0. The van der Waals surface area contributed by atoms with Gasteiger partial charge in [0.05, 0.1) is 0 Å². The Labute approximate surface area is 118 Å². The summed E-state index contributed by atoms with van der Waals surface area (Å²) in [6, 6.07) is 9.73. The Morgan fingerprint density at radius 2 is 1.79 bits per heavy atom. The molecule has 0 amide bonds. The van der Waals surface area contributed by atoms with E-state index in [9.17, 15) is 0 Å². The van der Waals surface area contributed by atoms with Crippen molar-refractivity contribution in [2.75, 3.05) is 13.1 Å². The Kier molecular flexibility index (Phi) is 5.41. The fourth-order valence-electron chi connectivity index (χ4n) is 2.36. The molecule has 0 aromatic heterocycles. The third kappa shape index (κ3) is 4.96. The van der Waals surface area contributed by atoms with E-state index in [1.54, 1.807) is 0 Å². The maximum absolute atomic E-state index is 3.37. The van der Waals surface area contributed by atoms with Crippen LogP contribution in [0.25, 0.3) is 0 Å². The van der Waals surface area contributed by atoms with Crippen molar-refractivity contribution >= 4 is 0 Å². The standard InChI is InChI=1S/C17H28N2/c1-4-18-11-15-5-7-16(8-6-15)12-19(14(2)3)13-17-9-10-17/h5-8,14,17-18H,4,9-13H2,1-3H3. The lowest BCUT2D eigenvalue weighted by atomic mass is 10.1. The molecule has 106 valence electrons. The summed E-state index contributed by atoms with van der Waals surface area (Å²) in [5.41, 5.74) is 2.82. The molecule has 1 N–H and O–H groups in total. The number of hydrogen-bond acceptors (Lipinski definition) is 2. The average Bonchev–Trinajstić information content (AvgIpc) is 3.21. The van der Waals surface area contributed by atoms with Crippen LogP contribution < -0.4 is 5.32 Å². The first kappa shape index (κ1) is 14.5. The van der Waals surface area contributed by atoms with Crippen molar-refractivity contribution in [1.29, 1.82) is 0 Å². The fraction of sp³-hybridized carbons (Fsp3) is 0.647. The summed E-state index contributed by atoms with van der Waals surface area (Å²) < 4.78 is 0. The summed E-state index contributed by atoms with van der Waals surface area (Å²) in [5, 5.41) is 3.37. The molecule has 19 heavy (non-hydrogen) atoms. The van der Waals surface area contributed by atoms with Crippen LogP contribution in [0.3, 0.4) is 0 Å². The number of nitrogens with one attached hydrogen (secondary N) is 1. The van der Waals surface area contributed by atoms with Crippen molar-refractivity contribution in [2.45, 2.75) is 52.7 Å². The van der Waals surface area contributed by atoms with Gasteiger partial charge in [-0.2, -0.15) is 0 Å². The predicted molar refractivity (Wildman–Crippen MR) is 82.1 cm³/mol. The molecular weight excluding hydrogens is 232 g/mol. The Hall–Kier alpha value is -0.860. The second-order valence-electron chi connectivity index (χ2n) is 6.06. The van der Waals surface area contributed by atoms with E-state index in [1.807, 2.05) is 0 Å². The topological polar surface area (TPSA) is 15.3 Å². The van der Waals surface area contributed by atoms with Crippen LogP contribution in [0.4, 0.5) is 0 Å². The second-order valence-corrected chi connectivity index (χ2v) is 6.06. The van der Waals surface area contributed by atoms with Gasteiger partial charge in [0.2, 0.25) is 0 Å². The van der Waals surface area contributed by atoms with Crippen LogP contribution in [0.15, 0.2) is 24.3 Å². The molecular formula is C17H28N2. The van der Waals surface area contributed by atoms with Gasteiger partial charge in [0.15, 0.2) is 0 Å². The Morgan fingerprint density at radius 1 is 1.16 bits per heavy atom. The number of hydrogen-bond donors (Lipinski definition) is 1. The Morgan fingerprint density at radius 3 is 2.32 bits per heavy atom. The zero-order chi connectivity index (χ0) is 13.7. The van der Waals surface area contributed by atoms with Crippen LogP contribution in [0.1, 0.15) is 44.7 Å². The summed E-state index contributed by atoms with van der Waals surface area (Å²) >= 11 is 0. The smallest absolute Gasteiger partial charge is 0.0236 e. The third-order valence-electron chi connectivity index (χ3n) is 3.91. The molecule has 0 heterocycles. The van der Waals surface area contributed by atoms with Gasteiger partial charge in [-0.05, 0) is 50.3 Å². The maximum Gasteiger partial charge on any atom is 0.0236 e. The van der Waals surface area contributed by atoms with Gasteiger partial charge in [0.1, 0.15) is 0 Å². The average molecular weight is 260 g/mol. The molecule has 0 unspecified atom stereocenters. The minimum absolute atomic E-state index is 0.641. The highest BCUT2D eigenvalue weighted by Gasteiger charge is 2.25. The van der Waals surface area contributed by atoms with E-state index in [4.69, 9.17) is 0 Å². The van der Waals surface area contributed by atoms with E-state index in [0.717, 1.165) is 25.6 Å². The van der Waals surface area contributed by atoms with Gasteiger partial charge in [-0.1, -0.05) is 31.2 Å². The first-order valence-corrected chi connectivity index (χ1v) is 7.71. The highest BCUT2D eigenvalue weighted by atomic mass is 15.1. The highest BCUT2D eigenvalue weighted by molar-refractivity contribution is 5.22. The lowest BCUT2D eigenvalue weighted by Crippen LogP contribution is -2.32. The minimum Gasteiger partial charge on any atom is -0.313 e. The molecule has 2 heteroatoms. The van der Waals surface area contributed by atoms with Gasteiger partial charge >= 0.3 is 0 Å². The van der Waals surface area contributed by atoms with Crippen molar-refractivity contribution in [3.05, 3.63) is 35.4 Å². The summed E-state index contributed by atoms with van der Waals surface area (Å²) in [6.45, 7) is 11.1. The summed E-state index contributed by atoms with van der Waals surface area (Å²) in [4.78, 5) is 2.61. The van der Waals surface area contributed by atoms with E-state index in [1.165, 1.54) is 30.5 Å². The molecule has 0 saturated heterocycles. The van der Waals surface area contributed by atoms with Crippen molar-refractivity contribution in [3.8, 4) is 0 Å². The molecule has 0 atom stereocenters. The molecule has 0 spiro atoms. The van der Waals surface area contributed by atoms with Crippen LogP contribution in [0.2, 0.25) is 0 Å². The van der Waals surface area contributed by atoms with Crippen LogP contribution in [-0.4, -0.2) is 24.0 Å². The molecule has 1 saturated carbocycles. The SMILES string of the molecule is CCNCc1ccc(CN(CC2CC2)C(C)C)cc1. The third-order valence-corrected chi connectivity index (χ3v) is 3.91. The quantitative estimate of drug-likeness (QED) is 0.770. The molecule has 0 radical (unpaired) electrons. The van der Waals surface area contributed by atoms with Crippen LogP contribution in [-0.2, 0) is 13.1 Å². The van der Waals surface area contributed by atoms with Gasteiger partial charge in [-0.25, -0.2) is 0 Å². The Balaban J connectivity index is 1.88. The molecule has 1 aromatic carbocycles. The van der Waals surface area contributed by atoms with Crippen molar-refractivity contribution in [2.24, 2.45) is 5.92 Å². The molecule has 2 rings (SSSR count). The summed E-state index contributed by atoms with van der Waals surface area (Å²) in [5.74, 6) is 0.968. The van der Waals surface area contributed by atoms with E-state index in [2.05, 4.69) is 55.3 Å². The van der Waals surface area contributed by atoms with Crippen molar-refractivity contribution in [1.82, 2.24) is 10.2 Å². The van der Waals surface area contributed by atoms with Crippen LogP contribution >= 0.6 is 0 Å². The van der Waals surface area contributed by atoms with E-state index in [0.29, 0.717) is 6.04 Å². The normalized spacial score (nSPS) is 15.4. The maximum atomic E-state index is 3.37. The Bertz CT molecular complexity index is 365. The lowest BCUT2D eigenvalue weighted by Gasteiger charge is -2.26. The highest BCUT2D eigenvalue weighted by Crippen LogP contribution is 2.30. The number of benzene rings is 1. The van der Waals surface area contributed by atoms with Crippen molar-refractivity contribution in [3.63, 3.8) is 0 Å². The second kappa shape index (κ2) is 7.06. The molecule has 1 aromatic rings. The zero-order valence-corrected chi connectivity index (χ0v) is 12.7. The predicted octanol–water partition coefficient (Wildman–Crippen LogP) is 3.42. The fourth-order valence-corrected chi connectivity index (χ4v) is 2.36. The van der Waals surface area contributed by atoms with Gasteiger partial charge in [0.25, 0.3) is 0 Å². The lowest BCUT2D eigenvalue weighted by molar-refractivity contribution is 0.204. The molecule has 1 aliphatic carbocycles. The molecule has 0 aliphatic heterocycles. The molecule has 1 aliphatic rings. The molecule has 2 nitrogen and oxygen atoms in total. The minimum atomic E-state index is 0.641. The largest absolute Gasteiger partial charge is 0.313 e. The molecule has 1 fully saturated rings. The number of nitrogens with zero attached hydrogens (tertiary/aromatic N) is 1. The first-order chi connectivity index (χ1) is 9.19. The van der Waals surface area contributed by atoms with Gasteiger partial charge in [0, 0.05) is 25.7 Å².